The molecule has 0 radical (unpaired) electrons. The fraction of sp³-hybridized carbons (Fsp3) is 0.294. The Morgan fingerprint density at radius 3 is 2.62 bits per heavy atom. The number of carboxylic acids is 1. The van der Waals surface area contributed by atoms with E-state index < -0.39 is 5.97 Å². The van der Waals surface area contributed by atoms with Gasteiger partial charge in [-0.2, -0.15) is 0 Å². The highest BCUT2D eigenvalue weighted by atomic mass is 16.5. The molecule has 0 saturated carbocycles. The second-order valence-corrected chi connectivity index (χ2v) is 5.00. The molecule has 1 N–H and O–H groups in total. The topological polar surface area (TPSA) is 59.4 Å². The van der Waals surface area contributed by atoms with Crippen molar-refractivity contribution in [1.82, 2.24) is 4.98 Å². The zero-order valence-corrected chi connectivity index (χ0v) is 12.3. The molecule has 0 spiro atoms. The first kappa shape index (κ1) is 15.0. The molecule has 0 aliphatic rings. The van der Waals surface area contributed by atoms with Crippen LogP contribution >= 0.6 is 0 Å². The first-order valence-corrected chi connectivity index (χ1v) is 6.96. The lowest BCUT2D eigenvalue weighted by Crippen LogP contribution is -2.09. The van der Waals surface area contributed by atoms with E-state index in [1.54, 1.807) is 13.0 Å². The first-order chi connectivity index (χ1) is 10.1. The number of hydrogen-bond acceptors (Lipinski definition) is 3. The second kappa shape index (κ2) is 6.88. The number of carbonyl (C=O) groups is 1. The van der Waals surface area contributed by atoms with Gasteiger partial charge in [-0.15, -0.1) is 0 Å². The molecule has 4 heteroatoms. The van der Waals surface area contributed by atoms with Crippen LogP contribution in [0.3, 0.4) is 0 Å². The highest BCUT2D eigenvalue weighted by Gasteiger charge is 2.16. The van der Waals surface area contributed by atoms with Crippen molar-refractivity contribution in [3.8, 4) is 5.88 Å². The van der Waals surface area contributed by atoms with Gasteiger partial charge in [-0.05, 0) is 43.9 Å². The van der Waals surface area contributed by atoms with Crippen molar-refractivity contribution in [2.24, 2.45) is 0 Å². The van der Waals surface area contributed by atoms with E-state index in [0.29, 0.717) is 12.2 Å². The number of aromatic carboxylic acids is 1. The summed E-state index contributed by atoms with van der Waals surface area (Å²) in [7, 11) is 0. The number of aryl methyl sites for hydroxylation is 3. The summed E-state index contributed by atoms with van der Waals surface area (Å²) in [6, 6.07) is 11.9. The molecule has 0 bridgehead atoms. The van der Waals surface area contributed by atoms with Crippen molar-refractivity contribution >= 4 is 5.97 Å². The van der Waals surface area contributed by atoms with Gasteiger partial charge < -0.3 is 9.84 Å². The standard InChI is InChI=1S/C17H19NO3/c1-12-11-13(2)18-16(15(12)17(19)20)21-10-6-9-14-7-4-3-5-8-14/h3-5,7-8,11H,6,9-10H2,1-2H3,(H,19,20). The predicted octanol–water partition coefficient (Wildman–Crippen LogP) is 3.41. The lowest BCUT2D eigenvalue weighted by Gasteiger charge is -2.11. The number of pyridine rings is 1. The maximum absolute atomic E-state index is 11.3. The lowest BCUT2D eigenvalue weighted by molar-refractivity contribution is 0.0690. The predicted molar refractivity (Wildman–Crippen MR) is 80.9 cm³/mol. The third-order valence-electron chi connectivity index (χ3n) is 3.22. The lowest BCUT2D eigenvalue weighted by atomic mass is 10.1. The van der Waals surface area contributed by atoms with Crippen molar-refractivity contribution in [3.63, 3.8) is 0 Å². The van der Waals surface area contributed by atoms with Crippen LogP contribution < -0.4 is 4.74 Å². The van der Waals surface area contributed by atoms with Crippen LogP contribution in [0.4, 0.5) is 0 Å². The number of ether oxygens (including phenoxy) is 1. The average Bonchev–Trinajstić information content (AvgIpc) is 2.43. The fourth-order valence-corrected chi connectivity index (χ4v) is 2.26. The molecule has 0 unspecified atom stereocenters. The van der Waals surface area contributed by atoms with Gasteiger partial charge in [0.1, 0.15) is 5.56 Å². The molecule has 21 heavy (non-hydrogen) atoms. The molecular weight excluding hydrogens is 266 g/mol. The molecule has 0 aliphatic carbocycles. The van der Waals surface area contributed by atoms with Gasteiger partial charge in [-0.25, -0.2) is 9.78 Å². The number of benzene rings is 1. The van der Waals surface area contributed by atoms with Gasteiger partial charge in [-0.1, -0.05) is 30.3 Å². The van der Waals surface area contributed by atoms with E-state index in [-0.39, 0.29) is 11.4 Å². The highest BCUT2D eigenvalue weighted by molar-refractivity contribution is 5.91. The van der Waals surface area contributed by atoms with Crippen LogP contribution in [0.25, 0.3) is 0 Å². The SMILES string of the molecule is Cc1cc(C)c(C(=O)O)c(OCCCc2ccccc2)n1. The summed E-state index contributed by atoms with van der Waals surface area (Å²) in [5, 5.41) is 9.25. The van der Waals surface area contributed by atoms with Gasteiger partial charge in [-0.3, -0.25) is 0 Å². The Balaban J connectivity index is 1.98. The van der Waals surface area contributed by atoms with Crippen LogP contribution in [0.1, 0.15) is 33.6 Å². The Morgan fingerprint density at radius 2 is 1.95 bits per heavy atom. The molecule has 0 amide bonds. The number of nitrogens with zero attached hydrogens (tertiary/aromatic N) is 1. The molecular formula is C17H19NO3. The summed E-state index contributed by atoms with van der Waals surface area (Å²) < 4.78 is 5.59. The van der Waals surface area contributed by atoms with Gasteiger partial charge in [0.05, 0.1) is 6.61 Å². The Morgan fingerprint density at radius 1 is 1.24 bits per heavy atom. The largest absolute Gasteiger partial charge is 0.477 e. The van der Waals surface area contributed by atoms with E-state index in [1.807, 2.05) is 25.1 Å². The number of aromatic nitrogens is 1. The average molecular weight is 285 g/mol. The quantitative estimate of drug-likeness (QED) is 0.826. The number of hydrogen-bond donors (Lipinski definition) is 1. The summed E-state index contributed by atoms with van der Waals surface area (Å²) in [4.78, 5) is 15.5. The zero-order chi connectivity index (χ0) is 15.2. The molecule has 0 saturated heterocycles. The second-order valence-electron chi connectivity index (χ2n) is 5.00. The fourth-order valence-electron chi connectivity index (χ4n) is 2.26. The Bertz CT molecular complexity index is 623. The Hall–Kier alpha value is -2.36. The van der Waals surface area contributed by atoms with Crippen LogP contribution in [-0.4, -0.2) is 22.7 Å². The van der Waals surface area contributed by atoms with E-state index in [4.69, 9.17) is 4.74 Å². The summed E-state index contributed by atoms with van der Waals surface area (Å²) >= 11 is 0. The van der Waals surface area contributed by atoms with Crippen LogP contribution in [0.5, 0.6) is 5.88 Å². The van der Waals surface area contributed by atoms with Crippen molar-refractivity contribution in [2.45, 2.75) is 26.7 Å². The Kier molecular flexibility index (Phi) is 4.93. The zero-order valence-electron chi connectivity index (χ0n) is 12.3. The van der Waals surface area contributed by atoms with Crippen LogP contribution in [0.2, 0.25) is 0 Å². The summed E-state index contributed by atoms with van der Waals surface area (Å²) in [6.07, 6.45) is 1.71. The van der Waals surface area contributed by atoms with Crippen LogP contribution in [0.15, 0.2) is 36.4 Å². The molecule has 0 atom stereocenters. The van der Waals surface area contributed by atoms with Crippen molar-refractivity contribution in [2.75, 3.05) is 6.61 Å². The Labute approximate surface area is 124 Å². The van der Waals surface area contributed by atoms with E-state index in [9.17, 15) is 9.90 Å². The third-order valence-corrected chi connectivity index (χ3v) is 3.22. The molecule has 2 rings (SSSR count). The van der Waals surface area contributed by atoms with E-state index >= 15 is 0 Å². The molecule has 0 fully saturated rings. The summed E-state index contributed by atoms with van der Waals surface area (Å²) in [5.74, 6) is -0.786. The number of carboxylic acid groups (broad SMARTS) is 1. The van der Waals surface area contributed by atoms with Crippen molar-refractivity contribution in [1.29, 1.82) is 0 Å². The molecule has 2 aromatic rings. The third kappa shape index (κ3) is 4.05. The van der Waals surface area contributed by atoms with E-state index in [0.717, 1.165) is 18.5 Å². The highest BCUT2D eigenvalue weighted by Crippen LogP contribution is 2.21. The normalized spacial score (nSPS) is 10.4. The number of rotatable bonds is 6. The minimum absolute atomic E-state index is 0.153. The minimum atomic E-state index is -1.00. The monoisotopic (exact) mass is 285 g/mol. The van der Waals surface area contributed by atoms with Gasteiger partial charge >= 0.3 is 5.97 Å². The molecule has 110 valence electrons. The maximum Gasteiger partial charge on any atom is 0.341 e. The summed E-state index contributed by atoms with van der Waals surface area (Å²) in [5.41, 5.74) is 2.83. The first-order valence-electron chi connectivity index (χ1n) is 6.96. The van der Waals surface area contributed by atoms with Crippen molar-refractivity contribution < 1.29 is 14.6 Å². The van der Waals surface area contributed by atoms with Crippen molar-refractivity contribution in [3.05, 3.63) is 58.8 Å². The smallest absolute Gasteiger partial charge is 0.341 e. The molecule has 4 nitrogen and oxygen atoms in total. The summed E-state index contributed by atoms with van der Waals surface area (Å²) in [6.45, 7) is 4.04. The van der Waals surface area contributed by atoms with Gasteiger partial charge in [0.2, 0.25) is 5.88 Å². The maximum atomic E-state index is 11.3. The molecule has 1 heterocycles. The molecule has 1 aromatic heterocycles. The molecule has 0 aliphatic heterocycles. The van der Waals surface area contributed by atoms with Crippen LogP contribution in [-0.2, 0) is 6.42 Å². The molecule has 1 aromatic carbocycles. The van der Waals surface area contributed by atoms with Crippen LogP contribution in [0, 0.1) is 13.8 Å². The van der Waals surface area contributed by atoms with Gasteiger partial charge in [0, 0.05) is 5.69 Å². The van der Waals surface area contributed by atoms with E-state index in [2.05, 4.69) is 17.1 Å². The van der Waals surface area contributed by atoms with Gasteiger partial charge in [0.25, 0.3) is 0 Å². The van der Waals surface area contributed by atoms with Gasteiger partial charge in [0.15, 0.2) is 0 Å². The minimum Gasteiger partial charge on any atom is -0.477 e. The van der Waals surface area contributed by atoms with E-state index in [1.165, 1.54) is 5.56 Å².